The zero-order valence-electron chi connectivity index (χ0n) is 18.9. The Balaban J connectivity index is 1.46. The van der Waals surface area contributed by atoms with E-state index in [1.165, 1.54) is 44.3 Å². The highest BCUT2D eigenvalue weighted by atomic mass is 32.1. The van der Waals surface area contributed by atoms with E-state index in [9.17, 15) is 5.26 Å². The van der Waals surface area contributed by atoms with Crippen LogP contribution in [0.25, 0.3) is 38.6 Å². The number of rotatable bonds is 5. The van der Waals surface area contributed by atoms with Gasteiger partial charge in [-0.2, -0.15) is 5.26 Å². The van der Waals surface area contributed by atoms with Gasteiger partial charge in [0.1, 0.15) is 16.6 Å². The summed E-state index contributed by atoms with van der Waals surface area (Å²) in [7, 11) is 0. The SMILES string of the molecule is CCn1c2ccccc2c2cc(N/C=C(\C#N)c3nc(-c4ccc(C)cc4C)cs3)ccc21. The average molecular weight is 449 g/mol. The van der Waals surface area contributed by atoms with Gasteiger partial charge in [-0.15, -0.1) is 11.3 Å². The molecule has 0 unspecified atom stereocenters. The Kier molecular flexibility index (Phi) is 5.45. The molecule has 0 atom stereocenters. The van der Waals surface area contributed by atoms with Crippen molar-refractivity contribution in [2.24, 2.45) is 0 Å². The van der Waals surface area contributed by atoms with Gasteiger partial charge in [0.2, 0.25) is 0 Å². The molecule has 2 heterocycles. The molecule has 0 aliphatic heterocycles. The Morgan fingerprint density at radius 2 is 1.88 bits per heavy atom. The maximum Gasteiger partial charge on any atom is 0.136 e. The molecule has 5 heteroatoms. The third-order valence-corrected chi connectivity index (χ3v) is 6.86. The van der Waals surface area contributed by atoms with Crippen molar-refractivity contribution in [2.75, 3.05) is 5.32 Å². The molecule has 1 N–H and O–H groups in total. The first-order valence-corrected chi connectivity index (χ1v) is 11.9. The fourth-order valence-corrected chi connectivity index (χ4v) is 5.19. The predicted octanol–water partition coefficient (Wildman–Crippen LogP) is 7.53. The molecule has 0 saturated carbocycles. The number of anilines is 1. The van der Waals surface area contributed by atoms with Crippen molar-refractivity contribution in [1.29, 1.82) is 5.26 Å². The Morgan fingerprint density at radius 3 is 2.67 bits per heavy atom. The monoisotopic (exact) mass is 448 g/mol. The van der Waals surface area contributed by atoms with Crippen molar-refractivity contribution in [2.45, 2.75) is 27.3 Å². The number of nitriles is 1. The fraction of sp³-hybridized carbons (Fsp3) is 0.143. The van der Waals surface area contributed by atoms with Gasteiger partial charge in [-0.25, -0.2) is 4.98 Å². The summed E-state index contributed by atoms with van der Waals surface area (Å²) in [5, 5.41) is 18.3. The van der Waals surface area contributed by atoms with E-state index in [1.807, 2.05) is 5.38 Å². The van der Waals surface area contributed by atoms with Crippen LogP contribution in [0.1, 0.15) is 23.1 Å². The zero-order chi connectivity index (χ0) is 22.9. The number of thiazole rings is 1. The van der Waals surface area contributed by atoms with Crippen LogP contribution in [-0.4, -0.2) is 9.55 Å². The number of fused-ring (bicyclic) bond motifs is 3. The quantitative estimate of drug-likeness (QED) is 0.283. The van der Waals surface area contributed by atoms with Crippen molar-refractivity contribution in [1.82, 2.24) is 9.55 Å². The van der Waals surface area contributed by atoms with Crippen molar-refractivity contribution < 1.29 is 0 Å². The van der Waals surface area contributed by atoms with Gasteiger partial charge in [0.05, 0.1) is 5.69 Å². The van der Waals surface area contributed by atoms with Crippen LogP contribution in [0.5, 0.6) is 0 Å². The van der Waals surface area contributed by atoms with Crippen molar-refractivity contribution in [3.63, 3.8) is 0 Å². The minimum atomic E-state index is 0.520. The number of hydrogen-bond donors (Lipinski definition) is 1. The summed E-state index contributed by atoms with van der Waals surface area (Å²) >= 11 is 1.49. The second-order valence-electron chi connectivity index (χ2n) is 8.16. The normalized spacial score (nSPS) is 11.8. The molecule has 0 radical (unpaired) electrons. The zero-order valence-corrected chi connectivity index (χ0v) is 19.7. The molecule has 0 amide bonds. The molecular formula is C28H24N4S. The lowest BCUT2D eigenvalue weighted by molar-refractivity contribution is 0.827. The fourth-order valence-electron chi connectivity index (χ4n) is 4.40. The van der Waals surface area contributed by atoms with Crippen LogP contribution in [0.3, 0.4) is 0 Å². The van der Waals surface area contributed by atoms with E-state index in [2.05, 4.69) is 97.4 Å². The van der Waals surface area contributed by atoms with E-state index in [-0.39, 0.29) is 0 Å². The summed E-state index contributed by atoms with van der Waals surface area (Å²) < 4.78 is 2.33. The Hall–Kier alpha value is -3.88. The van der Waals surface area contributed by atoms with Gasteiger partial charge in [-0.05, 0) is 50.6 Å². The number of para-hydroxylation sites is 1. The topological polar surface area (TPSA) is 53.6 Å². The molecule has 0 bridgehead atoms. The van der Waals surface area contributed by atoms with Gasteiger partial charge in [0, 0.05) is 51.2 Å². The lowest BCUT2D eigenvalue weighted by Crippen LogP contribution is -1.94. The predicted molar refractivity (Wildman–Crippen MR) is 139 cm³/mol. The van der Waals surface area contributed by atoms with Crippen LogP contribution < -0.4 is 5.32 Å². The van der Waals surface area contributed by atoms with E-state index in [1.54, 1.807) is 6.20 Å². The number of nitrogens with one attached hydrogen (secondary N) is 1. The smallest absolute Gasteiger partial charge is 0.136 e. The minimum absolute atomic E-state index is 0.520. The lowest BCUT2D eigenvalue weighted by Gasteiger charge is -2.05. The van der Waals surface area contributed by atoms with Crippen LogP contribution in [0.2, 0.25) is 0 Å². The first kappa shape index (κ1) is 21.0. The highest BCUT2D eigenvalue weighted by Crippen LogP contribution is 2.32. The van der Waals surface area contributed by atoms with Crippen LogP contribution in [-0.2, 0) is 6.54 Å². The Bertz CT molecular complexity index is 1560. The van der Waals surface area contributed by atoms with Crippen LogP contribution in [0.4, 0.5) is 5.69 Å². The number of nitrogens with zero attached hydrogens (tertiary/aromatic N) is 3. The molecule has 4 nitrogen and oxygen atoms in total. The molecule has 33 heavy (non-hydrogen) atoms. The van der Waals surface area contributed by atoms with Gasteiger partial charge in [0.15, 0.2) is 0 Å². The summed E-state index contributed by atoms with van der Waals surface area (Å²) in [6, 6.07) is 23.5. The van der Waals surface area contributed by atoms with Gasteiger partial charge >= 0.3 is 0 Å². The number of aromatic nitrogens is 2. The summed E-state index contributed by atoms with van der Waals surface area (Å²) in [5.41, 5.74) is 8.34. The molecule has 0 aliphatic carbocycles. The number of benzene rings is 3. The molecule has 5 rings (SSSR count). The maximum absolute atomic E-state index is 9.78. The second kappa shape index (κ2) is 8.57. The molecule has 162 valence electrons. The summed E-state index contributed by atoms with van der Waals surface area (Å²) in [5.74, 6) is 0. The summed E-state index contributed by atoms with van der Waals surface area (Å²) in [4.78, 5) is 4.74. The first-order chi connectivity index (χ1) is 16.1. The number of allylic oxidation sites excluding steroid dienone is 1. The molecule has 3 aromatic carbocycles. The van der Waals surface area contributed by atoms with E-state index in [0.29, 0.717) is 10.6 Å². The summed E-state index contributed by atoms with van der Waals surface area (Å²) in [6.45, 7) is 7.26. The van der Waals surface area contributed by atoms with E-state index in [0.717, 1.165) is 23.5 Å². The largest absolute Gasteiger partial charge is 0.360 e. The minimum Gasteiger partial charge on any atom is -0.360 e. The van der Waals surface area contributed by atoms with Gasteiger partial charge in [-0.1, -0.05) is 42.0 Å². The van der Waals surface area contributed by atoms with Crippen LogP contribution in [0, 0.1) is 25.2 Å². The second-order valence-corrected chi connectivity index (χ2v) is 9.02. The molecule has 0 aliphatic rings. The molecule has 5 aromatic rings. The van der Waals surface area contributed by atoms with Gasteiger partial charge < -0.3 is 9.88 Å². The first-order valence-electron chi connectivity index (χ1n) is 11.0. The molecule has 0 spiro atoms. The molecule has 0 fully saturated rings. The van der Waals surface area contributed by atoms with Crippen molar-refractivity contribution >= 4 is 44.4 Å². The van der Waals surface area contributed by atoms with Crippen LogP contribution >= 0.6 is 11.3 Å². The third kappa shape index (κ3) is 3.79. The van der Waals surface area contributed by atoms with Gasteiger partial charge in [-0.3, -0.25) is 0 Å². The van der Waals surface area contributed by atoms with Crippen molar-refractivity contribution in [3.8, 4) is 17.3 Å². The average Bonchev–Trinajstić information content (AvgIpc) is 3.42. The van der Waals surface area contributed by atoms with E-state index >= 15 is 0 Å². The Labute approximate surface area is 197 Å². The van der Waals surface area contributed by atoms with E-state index < -0.39 is 0 Å². The standard InChI is InChI=1S/C28H24N4S/c1-4-32-26-8-6-5-7-23(26)24-14-21(10-12-27(24)32)30-16-20(15-29)28-31-25(17-33-28)22-11-9-18(2)13-19(22)3/h5-14,16-17,30H,4H2,1-3H3/b20-16+. The van der Waals surface area contributed by atoms with Crippen LogP contribution in [0.15, 0.2) is 72.2 Å². The molecule has 2 aromatic heterocycles. The number of aryl methyl sites for hydroxylation is 3. The molecular weight excluding hydrogens is 424 g/mol. The maximum atomic E-state index is 9.78. The highest BCUT2D eigenvalue weighted by molar-refractivity contribution is 7.11. The van der Waals surface area contributed by atoms with Gasteiger partial charge in [0.25, 0.3) is 0 Å². The lowest BCUT2D eigenvalue weighted by atomic mass is 10.0. The molecule has 0 saturated heterocycles. The van der Waals surface area contributed by atoms with Crippen molar-refractivity contribution in [3.05, 3.63) is 88.4 Å². The third-order valence-electron chi connectivity index (χ3n) is 5.98. The Morgan fingerprint density at radius 1 is 1.06 bits per heavy atom. The van der Waals surface area contributed by atoms with E-state index in [4.69, 9.17) is 4.98 Å². The highest BCUT2D eigenvalue weighted by Gasteiger charge is 2.12. The summed E-state index contributed by atoms with van der Waals surface area (Å²) in [6.07, 6.45) is 1.75. The number of hydrogen-bond acceptors (Lipinski definition) is 4.